The Hall–Kier alpha value is 1.06. The molecule has 0 saturated carbocycles. The van der Waals surface area contributed by atoms with E-state index in [0.717, 1.165) is 0 Å². The molecular formula is C15H42O6Si6. The highest BCUT2D eigenvalue weighted by atomic mass is 28.5. The smallest absolute Gasteiger partial charge is 0.322 e. The molecule has 12 heteroatoms. The zero-order chi connectivity index (χ0) is 21.4. The lowest BCUT2D eigenvalue weighted by molar-refractivity contribution is 0.239. The highest BCUT2D eigenvalue weighted by Gasteiger charge is 2.44. The monoisotopic (exact) mass is 486 g/mol. The van der Waals surface area contributed by atoms with Crippen LogP contribution in [0.2, 0.25) is 78.6 Å². The summed E-state index contributed by atoms with van der Waals surface area (Å²) < 4.78 is 38.6. The lowest BCUT2D eigenvalue weighted by atomic mass is 11.7. The van der Waals surface area contributed by atoms with Gasteiger partial charge in [0.15, 0.2) is 16.6 Å². The minimum Gasteiger partial charge on any atom is -0.435 e. The Labute approximate surface area is 173 Å². The lowest BCUT2D eigenvalue weighted by Crippen LogP contribution is -2.57. The van der Waals surface area contributed by atoms with E-state index in [4.69, 9.17) is 25.6 Å². The molecule has 0 aromatic rings. The van der Waals surface area contributed by atoms with Crippen LogP contribution in [0, 0.1) is 0 Å². The van der Waals surface area contributed by atoms with Gasteiger partial charge < -0.3 is 25.6 Å². The van der Waals surface area contributed by atoms with Gasteiger partial charge in [0.05, 0.1) is 18.7 Å². The van der Waals surface area contributed by atoms with Gasteiger partial charge in [-0.05, 0) is 78.6 Å². The first-order valence-corrected chi connectivity index (χ1v) is 27.6. The lowest BCUT2D eigenvalue weighted by Gasteiger charge is -2.39. The van der Waals surface area contributed by atoms with Gasteiger partial charge in [-0.3, -0.25) is 0 Å². The molecule has 0 aliphatic carbocycles. The zero-order valence-corrected chi connectivity index (χ0v) is 25.6. The number of hydrogen-bond acceptors (Lipinski definition) is 6. The van der Waals surface area contributed by atoms with Crippen LogP contribution in [0.15, 0.2) is 0 Å². The molecule has 1 saturated heterocycles. The first-order valence-electron chi connectivity index (χ1n) is 9.76. The fourth-order valence-corrected chi connectivity index (χ4v) is 28.6. The maximum atomic E-state index is 6.58. The van der Waals surface area contributed by atoms with Gasteiger partial charge in [0, 0.05) is 0 Å². The van der Waals surface area contributed by atoms with E-state index in [1.54, 1.807) is 0 Å². The Balaban J connectivity index is 3.10. The standard InChI is InChI=1S/C15H42O6Si6/c1-22(2)14-17-26(9,10)21-27(11,12)20-24(5,6)15-18-25(7,8)19-23(3,4)13-16-22/h13-15H2,1-12H3. The van der Waals surface area contributed by atoms with Gasteiger partial charge in [0.25, 0.3) is 0 Å². The minimum atomic E-state index is -2.32. The van der Waals surface area contributed by atoms with Crippen molar-refractivity contribution in [2.75, 3.05) is 18.7 Å². The molecule has 0 amide bonds. The Morgan fingerprint density at radius 2 is 0.704 bits per heavy atom. The third kappa shape index (κ3) is 10.6. The van der Waals surface area contributed by atoms with Crippen molar-refractivity contribution in [1.29, 1.82) is 0 Å². The van der Waals surface area contributed by atoms with Crippen molar-refractivity contribution in [3.8, 4) is 0 Å². The van der Waals surface area contributed by atoms with Gasteiger partial charge in [-0.2, -0.15) is 0 Å². The number of rotatable bonds is 0. The predicted octanol–water partition coefficient (Wildman–Crippen LogP) is 4.44. The van der Waals surface area contributed by atoms with Gasteiger partial charge >= 0.3 is 25.7 Å². The molecule has 6 nitrogen and oxygen atoms in total. The summed E-state index contributed by atoms with van der Waals surface area (Å²) in [5.74, 6) is 0. The maximum Gasteiger partial charge on any atom is 0.322 e. The second-order valence-electron chi connectivity index (χ2n) is 10.7. The van der Waals surface area contributed by atoms with Crippen LogP contribution in [0.5, 0.6) is 0 Å². The molecule has 162 valence electrons. The van der Waals surface area contributed by atoms with Gasteiger partial charge in [0.1, 0.15) is 0 Å². The van der Waals surface area contributed by atoms with Gasteiger partial charge in [0.2, 0.25) is 8.32 Å². The highest BCUT2D eigenvalue weighted by molar-refractivity contribution is 6.87. The molecule has 1 heterocycles. The second kappa shape index (κ2) is 8.66. The first-order chi connectivity index (χ1) is 11.7. The summed E-state index contributed by atoms with van der Waals surface area (Å²) in [5, 5.41) is 0. The summed E-state index contributed by atoms with van der Waals surface area (Å²) >= 11 is 0. The van der Waals surface area contributed by atoms with Crippen molar-refractivity contribution in [1.82, 2.24) is 0 Å². The van der Waals surface area contributed by atoms with Crippen LogP contribution in [-0.4, -0.2) is 69.3 Å². The van der Waals surface area contributed by atoms with Crippen molar-refractivity contribution < 1.29 is 25.6 Å². The molecule has 0 atom stereocenters. The summed E-state index contributed by atoms with van der Waals surface area (Å²) in [6, 6.07) is 0. The quantitative estimate of drug-likeness (QED) is 0.472. The summed E-state index contributed by atoms with van der Waals surface area (Å²) in [4.78, 5) is 0. The fourth-order valence-electron chi connectivity index (χ4n) is 3.17. The Bertz CT molecular complexity index is 509. The Morgan fingerprint density at radius 1 is 0.370 bits per heavy atom. The van der Waals surface area contributed by atoms with E-state index in [1.165, 1.54) is 0 Å². The molecule has 27 heavy (non-hydrogen) atoms. The van der Waals surface area contributed by atoms with Crippen LogP contribution in [0.4, 0.5) is 0 Å². The summed E-state index contributed by atoms with van der Waals surface area (Å²) in [5.41, 5.74) is 0. The molecule has 0 aromatic carbocycles. The minimum absolute atomic E-state index is 0.625. The van der Waals surface area contributed by atoms with E-state index in [9.17, 15) is 0 Å². The van der Waals surface area contributed by atoms with Crippen LogP contribution in [0.25, 0.3) is 0 Å². The number of hydrogen-bond donors (Lipinski definition) is 0. The van der Waals surface area contributed by atoms with Gasteiger partial charge in [-0.15, -0.1) is 0 Å². The van der Waals surface area contributed by atoms with Crippen molar-refractivity contribution in [2.45, 2.75) is 78.6 Å². The van der Waals surface area contributed by atoms with E-state index in [1.807, 2.05) is 0 Å². The predicted molar refractivity (Wildman–Crippen MR) is 126 cm³/mol. The van der Waals surface area contributed by atoms with E-state index < -0.39 is 50.6 Å². The summed E-state index contributed by atoms with van der Waals surface area (Å²) in [6.07, 6.45) is 1.94. The van der Waals surface area contributed by atoms with E-state index >= 15 is 0 Å². The molecule has 0 bridgehead atoms. The van der Waals surface area contributed by atoms with Crippen molar-refractivity contribution in [3.05, 3.63) is 0 Å². The molecule has 0 N–H and O–H groups in total. The van der Waals surface area contributed by atoms with Crippen LogP contribution < -0.4 is 0 Å². The van der Waals surface area contributed by atoms with Crippen molar-refractivity contribution in [3.63, 3.8) is 0 Å². The third-order valence-electron chi connectivity index (χ3n) is 3.88. The molecule has 0 spiro atoms. The highest BCUT2D eigenvalue weighted by Crippen LogP contribution is 2.25. The van der Waals surface area contributed by atoms with Crippen LogP contribution in [0.1, 0.15) is 0 Å². The maximum absolute atomic E-state index is 6.58. The molecule has 1 aliphatic heterocycles. The van der Waals surface area contributed by atoms with Crippen LogP contribution >= 0.6 is 0 Å². The van der Waals surface area contributed by atoms with Crippen molar-refractivity contribution >= 4 is 50.6 Å². The van der Waals surface area contributed by atoms with Gasteiger partial charge in [-0.25, -0.2) is 0 Å². The van der Waals surface area contributed by atoms with E-state index in [2.05, 4.69) is 78.6 Å². The Kier molecular flexibility index (Phi) is 8.37. The topological polar surface area (TPSA) is 55.4 Å². The third-order valence-corrected chi connectivity index (χ3v) is 22.2. The average Bonchev–Trinajstić information content (AvgIpc) is 2.38. The molecule has 1 rings (SSSR count). The molecular weight excluding hydrogens is 445 g/mol. The normalized spacial score (nSPS) is 30.7. The fraction of sp³-hybridized carbons (Fsp3) is 1.00. The molecule has 0 aromatic heterocycles. The zero-order valence-electron chi connectivity index (χ0n) is 19.6. The van der Waals surface area contributed by atoms with Gasteiger partial charge in [-0.1, -0.05) is 0 Å². The first kappa shape index (κ1) is 26.1. The van der Waals surface area contributed by atoms with Crippen LogP contribution in [0.3, 0.4) is 0 Å². The van der Waals surface area contributed by atoms with Crippen LogP contribution in [-0.2, 0) is 25.6 Å². The molecule has 0 unspecified atom stereocenters. The average molecular weight is 487 g/mol. The molecule has 1 aliphatic rings. The summed E-state index contributed by atoms with van der Waals surface area (Å²) in [7, 11) is -12.9. The Morgan fingerprint density at radius 3 is 1.19 bits per heavy atom. The molecule has 0 radical (unpaired) electrons. The largest absolute Gasteiger partial charge is 0.435 e. The molecule has 1 fully saturated rings. The summed E-state index contributed by atoms with van der Waals surface area (Å²) in [6.45, 7) is 25.9. The van der Waals surface area contributed by atoms with Crippen molar-refractivity contribution in [2.24, 2.45) is 0 Å². The van der Waals surface area contributed by atoms with E-state index in [0.29, 0.717) is 18.7 Å². The van der Waals surface area contributed by atoms with E-state index in [-0.39, 0.29) is 0 Å². The SMILES string of the molecule is C[Si]1(C)CO[Si](C)(C)O[Si](C)(C)O[Si](C)(C)CO[Si](C)(C)O[Si](C)(C)CO1. The second-order valence-corrected chi connectivity index (χ2v) is 33.8.